The lowest BCUT2D eigenvalue weighted by atomic mass is 10.2. The van der Waals surface area contributed by atoms with Crippen molar-refractivity contribution >= 4 is 17.9 Å². The molecule has 0 unspecified atom stereocenters. The van der Waals surface area contributed by atoms with Crippen LogP contribution in [0.1, 0.15) is 37.7 Å². The highest BCUT2D eigenvalue weighted by atomic mass is 16.6. The van der Waals surface area contributed by atoms with Gasteiger partial charge in [-0.1, -0.05) is 0 Å². The Balaban J connectivity index is 2.33. The summed E-state index contributed by atoms with van der Waals surface area (Å²) in [7, 11) is 0. The molecule has 0 aliphatic carbocycles. The Labute approximate surface area is 110 Å². The fourth-order valence-electron chi connectivity index (χ4n) is 1.97. The van der Waals surface area contributed by atoms with Gasteiger partial charge in [0.2, 0.25) is 0 Å². The molecule has 1 aromatic heterocycles. The number of amides is 1. The van der Waals surface area contributed by atoms with Crippen molar-refractivity contribution in [3.63, 3.8) is 0 Å². The molecule has 7 heteroatoms. The first-order valence-corrected chi connectivity index (χ1v) is 6.08. The van der Waals surface area contributed by atoms with E-state index < -0.39 is 17.7 Å². The second-order valence-electron chi connectivity index (χ2n) is 5.40. The Morgan fingerprint density at radius 2 is 2.05 bits per heavy atom. The number of aromatic nitrogens is 2. The number of aryl methyl sites for hydroxylation is 1. The molecule has 0 atom stereocenters. The van der Waals surface area contributed by atoms with E-state index >= 15 is 0 Å². The van der Waals surface area contributed by atoms with Crippen molar-refractivity contribution in [1.29, 1.82) is 0 Å². The van der Waals surface area contributed by atoms with Crippen molar-refractivity contribution in [3.05, 3.63) is 12.0 Å². The van der Waals surface area contributed by atoms with Gasteiger partial charge in [-0.25, -0.2) is 14.6 Å². The van der Waals surface area contributed by atoms with E-state index in [1.807, 2.05) is 0 Å². The van der Waals surface area contributed by atoms with Crippen LogP contribution in [0.4, 0.5) is 10.6 Å². The maximum Gasteiger partial charge on any atom is 0.416 e. The third-order valence-electron chi connectivity index (χ3n) is 2.66. The topological polar surface area (TPSA) is 84.7 Å². The maximum atomic E-state index is 12.1. The van der Waals surface area contributed by atoms with Crippen LogP contribution in [0.5, 0.6) is 0 Å². The van der Waals surface area contributed by atoms with E-state index in [0.717, 1.165) is 6.42 Å². The Morgan fingerprint density at radius 3 is 2.63 bits per heavy atom. The van der Waals surface area contributed by atoms with Crippen molar-refractivity contribution in [2.75, 3.05) is 11.4 Å². The van der Waals surface area contributed by atoms with Crippen molar-refractivity contribution in [3.8, 4) is 0 Å². The van der Waals surface area contributed by atoms with E-state index in [4.69, 9.17) is 9.84 Å². The lowest BCUT2D eigenvalue weighted by Gasteiger charge is -2.30. The third kappa shape index (κ3) is 2.69. The molecular formula is C12H17N3O4. The Bertz CT molecular complexity index is 516. The first-order chi connectivity index (χ1) is 8.79. The SMILES string of the molecule is CC(C)(C)OC(=O)N1CCCn2cnc(C(=O)O)c21. The summed E-state index contributed by atoms with van der Waals surface area (Å²) in [6, 6.07) is 0. The van der Waals surface area contributed by atoms with E-state index in [2.05, 4.69) is 4.98 Å². The normalized spacial score (nSPS) is 15.0. The number of carbonyl (C=O) groups excluding carboxylic acids is 1. The zero-order valence-electron chi connectivity index (χ0n) is 11.2. The van der Waals surface area contributed by atoms with E-state index in [0.29, 0.717) is 18.9 Å². The number of imidazole rings is 1. The van der Waals surface area contributed by atoms with Gasteiger partial charge in [0.05, 0.1) is 6.33 Å². The Kier molecular flexibility index (Phi) is 3.21. The van der Waals surface area contributed by atoms with Gasteiger partial charge in [0.25, 0.3) is 0 Å². The Hall–Kier alpha value is -2.05. The highest BCUT2D eigenvalue weighted by Gasteiger charge is 2.32. The first kappa shape index (κ1) is 13.4. The van der Waals surface area contributed by atoms with Crippen molar-refractivity contribution in [1.82, 2.24) is 9.55 Å². The molecule has 7 nitrogen and oxygen atoms in total. The number of carboxylic acid groups (broad SMARTS) is 1. The second kappa shape index (κ2) is 4.56. The largest absolute Gasteiger partial charge is 0.476 e. The van der Waals surface area contributed by atoms with Crippen molar-refractivity contribution in [2.24, 2.45) is 0 Å². The van der Waals surface area contributed by atoms with E-state index in [1.54, 1.807) is 25.3 Å². The first-order valence-electron chi connectivity index (χ1n) is 6.08. The van der Waals surface area contributed by atoms with Gasteiger partial charge < -0.3 is 14.4 Å². The smallest absolute Gasteiger partial charge is 0.416 e. The molecule has 1 aromatic rings. The summed E-state index contributed by atoms with van der Waals surface area (Å²) in [4.78, 5) is 28.4. The van der Waals surface area contributed by atoms with Crippen LogP contribution in [-0.4, -0.2) is 38.9 Å². The summed E-state index contributed by atoms with van der Waals surface area (Å²) in [5, 5.41) is 9.11. The summed E-state index contributed by atoms with van der Waals surface area (Å²) in [6.07, 6.45) is 1.63. The molecule has 19 heavy (non-hydrogen) atoms. The van der Waals surface area contributed by atoms with Crippen LogP contribution in [-0.2, 0) is 11.3 Å². The summed E-state index contributed by atoms with van der Waals surface area (Å²) in [5.74, 6) is -0.850. The van der Waals surface area contributed by atoms with Crippen LogP contribution in [0.15, 0.2) is 6.33 Å². The van der Waals surface area contributed by atoms with Gasteiger partial charge in [0.15, 0.2) is 11.5 Å². The molecule has 0 radical (unpaired) electrons. The molecule has 0 aromatic carbocycles. The van der Waals surface area contributed by atoms with Gasteiger partial charge >= 0.3 is 12.1 Å². The number of rotatable bonds is 1. The second-order valence-corrected chi connectivity index (χ2v) is 5.40. The fourth-order valence-corrected chi connectivity index (χ4v) is 1.97. The number of hydrogen-bond donors (Lipinski definition) is 1. The molecule has 0 spiro atoms. The molecular weight excluding hydrogens is 250 g/mol. The standard InChI is InChI=1S/C12H17N3O4/c1-12(2,3)19-11(18)15-6-4-5-14-7-13-8(9(14)15)10(16)17/h7H,4-6H2,1-3H3,(H,16,17). The van der Waals surface area contributed by atoms with Gasteiger partial charge in [-0.05, 0) is 27.2 Å². The monoisotopic (exact) mass is 267 g/mol. The number of hydrogen-bond acceptors (Lipinski definition) is 4. The number of carboxylic acids is 1. The minimum atomic E-state index is -1.15. The zero-order valence-corrected chi connectivity index (χ0v) is 11.2. The van der Waals surface area contributed by atoms with Crippen LogP contribution in [0.25, 0.3) is 0 Å². The summed E-state index contributed by atoms with van der Waals surface area (Å²) >= 11 is 0. The molecule has 1 N–H and O–H groups in total. The highest BCUT2D eigenvalue weighted by molar-refractivity contribution is 5.97. The van der Waals surface area contributed by atoms with Gasteiger partial charge in [-0.3, -0.25) is 4.90 Å². The zero-order chi connectivity index (χ0) is 14.2. The van der Waals surface area contributed by atoms with Gasteiger partial charge in [0.1, 0.15) is 5.60 Å². The van der Waals surface area contributed by atoms with E-state index in [9.17, 15) is 9.59 Å². The summed E-state index contributed by atoms with van der Waals surface area (Å²) in [5.41, 5.74) is -0.742. The molecule has 0 saturated heterocycles. The average molecular weight is 267 g/mol. The third-order valence-corrected chi connectivity index (χ3v) is 2.66. The molecule has 1 aliphatic rings. The van der Waals surface area contributed by atoms with Crippen LogP contribution >= 0.6 is 0 Å². The minimum Gasteiger partial charge on any atom is -0.476 e. The molecule has 0 saturated carbocycles. The number of nitrogens with zero attached hydrogens (tertiary/aromatic N) is 3. The lowest BCUT2D eigenvalue weighted by Crippen LogP contribution is -2.41. The molecule has 2 rings (SSSR count). The molecule has 1 amide bonds. The van der Waals surface area contributed by atoms with Gasteiger partial charge in [-0.2, -0.15) is 0 Å². The number of carbonyl (C=O) groups is 2. The predicted octanol–water partition coefficient (Wildman–Crippen LogP) is 1.73. The molecule has 104 valence electrons. The number of anilines is 1. The lowest BCUT2D eigenvalue weighted by molar-refractivity contribution is 0.0573. The fraction of sp³-hybridized carbons (Fsp3) is 0.583. The summed E-state index contributed by atoms with van der Waals surface area (Å²) in [6.45, 7) is 6.38. The van der Waals surface area contributed by atoms with Crippen LogP contribution in [0.3, 0.4) is 0 Å². The Morgan fingerprint density at radius 1 is 1.37 bits per heavy atom. The molecule has 2 heterocycles. The van der Waals surface area contributed by atoms with Gasteiger partial charge in [0, 0.05) is 13.1 Å². The quantitative estimate of drug-likeness (QED) is 0.837. The van der Waals surface area contributed by atoms with E-state index in [1.165, 1.54) is 11.2 Å². The minimum absolute atomic E-state index is 0.120. The van der Waals surface area contributed by atoms with E-state index in [-0.39, 0.29) is 5.69 Å². The maximum absolute atomic E-state index is 12.1. The van der Waals surface area contributed by atoms with Crippen LogP contribution in [0.2, 0.25) is 0 Å². The van der Waals surface area contributed by atoms with Gasteiger partial charge in [-0.15, -0.1) is 0 Å². The van der Waals surface area contributed by atoms with Crippen molar-refractivity contribution < 1.29 is 19.4 Å². The van der Waals surface area contributed by atoms with Crippen LogP contribution < -0.4 is 4.90 Å². The number of fused-ring (bicyclic) bond motifs is 1. The highest BCUT2D eigenvalue weighted by Crippen LogP contribution is 2.26. The number of aromatic carboxylic acids is 1. The van der Waals surface area contributed by atoms with Crippen molar-refractivity contribution in [2.45, 2.75) is 39.3 Å². The summed E-state index contributed by atoms with van der Waals surface area (Å²) < 4.78 is 6.95. The van der Waals surface area contributed by atoms with Crippen LogP contribution in [0, 0.1) is 0 Å². The molecule has 0 bridgehead atoms. The molecule has 1 aliphatic heterocycles. The molecule has 0 fully saturated rings. The number of ether oxygens (including phenoxy) is 1. The average Bonchev–Trinajstić information content (AvgIpc) is 2.69. The predicted molar refractivity (Wildman–Crippen MR) is 67.4 cm³/mol.